The first-order valence-electron chi connectivity index (χ1n) is 9.92. The van der Waals surface area contributed by atoms with Crippen LogP contribution in [0, 0.1) is 5.82 Å². The Bertz CT molecular complexity index is 974. The number of piperidine rings is 1. The highest BCUT2D eigenvalue weighted by Crippen LogP contribution is 2.23. The summed E-state index contributed by atoms with van der Waals surface area (Å²) in [6, 6.07) is 11.3. The van der Waals surface area contributed by atoms with Crippen molar-refractivity contribution >= 4 is 22.6 Å². The van der Waals surface area contributed by atoms with Crippen LogP contribution >= 0.6 is 0 Å². The fraction of sp³-hybridized carbons (Fsp3) is 0.364. The van der Waals surface area contributed by atoms with E-state index in [1.165, 1.54) is 43.5 Å². The summed E-state index contributed by atoms with van der Waals surface area (Å²) < 4.78 is 15.3. The zero-order valence-electron chi connectivity index (χ0n) is 16.1. The number of amides is 1. The Morgan fingerprint density at radius 2 is 1.86 bits per heavy atom. The summed E-state index contributed by atoms with van der Waals surface area (Å²) in [5.74, 6) is 0.452. The SMILES string of the molecule is CCn1c(CN2CCCCC2)nc2cc(NC(=O)c3ccc(F)cc3)ccc21. The Kier molecular flexibility index (Phi) is 5.39. The van der Waals surface area contributed by atoms with Crippen LogP contribution < -0.4 is 5.32 Å². The molecule has 0 unspecified atom stereocenters. The van der Waals surface area contributed by atoms with Crippen LogP contribution in [0.25, 0.3) is 11.0 Å². The second-order valence-electron chi connectivity index (χ2n) is 7.27. The van der Waals surface area contributed by atoms with Gasteiger partial charge in [0.15, 0.2) is 0 Å². The van der Waals surface area contributed by atoms with Crippen LogP contribution in [0.15, 0.2) is 42.5 Å². The number of aryl methyl sites for hydroxylation is 1. The molecule has 2 heterocycles. The highest BCUT2D eigenvalue weighted by molar-refractivity contribution is 6.04. The van der Waals surface area contributed by atoms with Crippen molar-refractivity contribution in [2.24, 2.45) is 0 Å². The second-order valence-corrected chi connectivity index (χ2v) is 7.27. The summed E-state index contributed by atoms with van der Waals surface area (Å²) in [4.78, 5) is 19.7. The molecule has 5 nitrogen and oxygen atoms in total. The first-order chi connectivity index (χ1) is 13.6. The average Bonchev–Trinajstić information content (AvgIpc) is 3.05. The minimum Gasteiger partial charge on any atom is -0.327 e. The molecule has 1 aliphatic heterocycles. The van der Waals surface area contributed by atoms with Gasteiger partial charge in [-0.2, -0.15) is 0 Å². The van der Waals surface area contributed by atoms with E-state index >= 15 is 0 Å². The molecule has 3 aromatic rings. The van der Waals surface area contributed by atoms with Gasteiger partial charge in [0, 0.05) is 17.8 Å². The lowest BCUT2D eigenvalue weighted by molar-refractivity contribution is 0.102. The number of likely N-dealkylation sites (tertiary alicyclic amines) is 1. The molecule has 1 saturated heterocycles. The van der Waals surface area contributed by atoms with Crippen molar-refractivity contribution in [2.45, 2.75) is 39.3 Å². The number of hydrogen-bond acceptors (Lipinski definition) is 3. The fourth-order valence-corrected chi connectivity index (χ4v) is 3.85. The monoisotopic (exact) mass is 380 g/mol. The van der Waals surface area contributed by atoms with E-state index < -0.39 is 0 Å². The van der Waals surface area contributed by atoms with E-state index in [9.17, 15) is 9.18 Å². The number of halogens is 1. The number of rotatable bonds is 5. The lowest BCUT2D eigenvalue weighted by atomic mass is 10.1. The predicted molar refractivity (Wildman–Crippen MR) is 109 cm³/mol. The van der Waals surface area contributed by atoms with Crippen molar-refractivity contribution in [1.82, 2.24) is 14.5 Å². The van der Waals surface area contributed by atoms with Crippen molar-refractivity contribution in [3.63, 3.8) is 0 Å². The number of nitrogens with zero attached hydrogens (tertiary/aromatic N) is 3. The van der Waals surface area contributed by atoms with Crippen molar-refractivity contribution in [2.75, 3.05) is 18.4 Å². The molecule has 6 heteroatoms. The third kappa shape index (κ3) is 3.92. The molecule has 2 aromatic carbocycles. The molecule has 1 aliphatic rings. The zero-order chi connectivity index (χ0) is 19.5. The van der Waals surface area contributed by atoms with E-state index in [1.807, 2.05) is 18.2 Å². The number of imidazole rings is 1. The van der Waals surface area contributed by atoms with Crippen molar-refractivity contribution in [3.05, 3.63) is 59.7 Å². The predicted octanol–water partition coefficient (Wildman–Crippen LogP) is 4.43. The maximum atomic E-state index is 13.0. The Hall–Kier alpha value is -2.73. The number of anilines is 1. The molecule has 0 spiro atoms. The standard InChI is InChI=1S/C22H25FN4O/c1-2-27-20-11-10-18(24-22(28)16-6-8-17(23)9-7-16)14-19(20)25-21(27)15-26-12-4-3-5-13-26/h6-11,14H,2-5,12-13,15H2,1H3,(H,24,28). The van der Waals surface area contributed by atoms with Gasteiger partial charge >= 0.3 is 0 Å². The van der Waals surface area contributed by atoms with E-state index in [4.69, 9.17) is 4.98 Å². The van der Waals surface area contributed by atoms with E-state index in [-0.39, 0.29) is 11.7 Å². The molecule has 1 fully saturated rings. The maximum Gasteiger partial charge on any atom is 0.255 e. The molecule has 1 N–H and O–H groups in total. The third-order valence-electron chi connectivity index (χ3n) is 5.32. The molecule has 4 rings (SSSR count). The topological polar surface area (TPSA) is 50.2 Å². The highest BCUT2D eigenvalue weighted by atomic mass is 19.1. The van der Waals surface area contributed by atoms with Crippen molar-refractivity contribution in [1.29, 1.82) is 0 Å². The zero-order valence-corrected chi connectivity index (χ0v) is 16.1. The number of carbonyl (C=O) groups excluding carboxylic acids is 1. The van der Waals surface area contributed by atoms with Crippen LogP contribution in [0.2, 0.25) is 0 Å². The smallest absolute Gasteiger partial charge is 0.255 e. The summed E-state index contributed by atoms with van der Waals surface area (Å²) in [7, 11) is 0. The minimum atomic E-state index is -0.357. The van der Waals surface area contributed by atoms with Gasteiger partial charge < -0.3 is 9.88 Å². The lowest BCUT2D eigenvalue weighted by Gasteiger charge is -2.26. The van der Waals surface area contributed by atoms with Crippen LogP contribution in [0.1, 0.15) is 42.4 Å². The first-order valence-corrected chi connectivity index (χ1v) is 9.92. The number of aromatic nitrogens is 2. The molecule has 1 aromatic heterocycles. The lowest BCUT2D eigenvalue weighted by Crippen LogP contribution is -2.30. The van der Waals surface area contributed by atoms with E-state index in [0.29, 0.717) is 11.3 Å². The molecular weight excluding hydrogens is 355 g/mol. The fourth-order valence-electron chi connectivity index (χ4n) is 3.85. The van der Waals surface area contributed by atoms with Crippen LogP contribution in [0.3, 0.4) is 0 Å². The average molecular weight is 380 g/mol. The summed E-state index contributed by atoms with van der Waals surface area (Å²) in [5.41, 5.74) is 3.07. The van der Waals surface area contributed by atoms with Crippen LogP contribution in [-0.2, 0) is 13.1 Å². The summed E-state index contributed by atoms with van der Waals surface area (Å²) in [6.45, 7) is 6.11. The number of nitrogens with one attached hydrogen (secondary N) is 1. The number of fused-ring (bicyclic) bond motifs is 1. The van der Waals surface area contributed by atoms with Gasteiger partial charge in [-0.05, 0) is 75.3 Å². The van der Waals surface area contributed by atoms with Gasteiger partial charge in [0.1, 0.15) is 11.6 Å². The Morgan fingerprint density at radius 1 is 1.11 bits per heavy atom. The number of benzene rings is 2. The molecule has 0 aliphatic carbocycles. The van der Waals surface area contributed by atoms with Gasteiger partial charge in [-0.25, -0.2) is 9.37 Å². The van der Waals surface area contributed by atoms with E-state index in [0.717, 1.165) is 43.0 Å². The molecule has 0 saturated carbocycles. The van der Waals surface area contributed by atoms with Gasteiger partial charge in [0.2, 0.25) is 0 Å². The van der Waals surface area contributed by atoms with Crippen molar-refractivity contribution < 1.29 is 9.18 Å². The molecule has 0 atom stereocenters. The van der Waals surface area contributed by atoms with Crippen LogP contribution in [0.4, 0.5) is 10.1 Å². The molecule has 28 heavy (non-hydrogen) atoms. The highest BCUT2D eigenvalue weighted by Gasteiger charge is 2.16. The van der Waals surface area contributed by atoms with Gasteiger partial charge in [-0.1, -0.05) is 6.42 Å². The summed E-state index contributed by atoms with van der Waals surface area (Å²) >= 11 is 0. The molecular formula is C22H25FN4O. The van der Waals surface area contributed by atoms with Gasteiger partial charge in [-0.3, -0.25) is 9.69 Å². The number of carbonyl (C=O) groups is 1. The Labute approximate surface area is 164 Å². The van der Waals surface area contributed by atoms with E-state index in [1.54, 1.807) is 0 Å². The second kappa shape index (κ2) is 8.10. The van der Waals surface area contributed by atoms with Crippen LogP contribution in [0.5, 0.6) is 0 Å². The summed E-state index contributed by atoms with van der Waals surface area (Å²) in [6.07, 6.45) is 3.83. The summed E-state index contributed by atoms with van der Waals surface area (Å²) in [5, 5.41) is 2.88. The van der Waals surface area contributed by atoms with Gasteiger partial charge in [0.25, 0.3) is 5.91 Å². The molecule has 146 valence electrons. The third-order valence-corrected chi connectivity index (χ3v) is 5.32. The van der Waals surface area contributed by atoms with Crippen molar-refractivity contribution in [3.8, 4) is 0 Å². The number of hydrogen-bond donors (Lipinski definition) is 1. The quantitative estimate of drug-likeness (QED) is 0.712. The van der Waals surface area contributed by atoms with Gasteiger partial charge in [0.05, 0.1) is 17.6 Å². The first kappa shape index (κ1) is 18.6. The molecule has 0 radical (unpaired) electrons. The molecule has 1 amide bonds. The normalized spacial score (nSPS) is 15.1. The van der Waals surface area contributed by atoms with E-state index in [2.05, 4.69) is 21.7 Å². The largest absolute Gasteiger partial charge is 0.327 e. The minimum absolute atomic E-state index is 0.261. The maximum absolute atomic E-state index is 13.0. The van der Waals surface area contributed by atoms with Gasteiger partial charge in [-0.15, -0.1) is 0 Å². The molecule has 0 bridgehead atoms. The Morgan fingerprint density at radius 3 is 2.57 bits per heavy atom. The Balaban J connectivity index is 1.56. The van der Waals surface area contributed by atoms with Crippen LogP contribution in [-0.4, -0.2) is 33.4 Å².